The average Bonchev–Trinajstić information content (AvgIpc) is 3.34. The number of carbonyl (C=O) groups excluding carboxylic acids is 1. The van der Waals surface area contributed by atoms with E-state index >= 15 is 0 Å². The summed E-state index contributed by atoms with van der Waals surface area (Å²) in [6.45, 7) is 3.33. The second kappa shape index (κ2) is 7.09. The van der Waals surface area contributed by atoms with E-state index in [1.54, 1.807) is 0 Å². The summed E-state index contributed by atoms with van der Waals surface area (Å²) in [5, 5.41) is 7.09. The van der Waals surface area contributed by atoms with Crippen molar-refractivity contribution in [2.75, 3.05) is 31.2 Å². The quantitative estimate of drug-likeness (QED) is 0.754. The smallest absolute Gasteiger partial charge is 0.252 e. The maximum atomic E-state index is 12.1. The molecule has 5 rings (SSSR count). The molecule has 1 N–H and O–H groups in total. The molecule has 0 spiro atoms. The van der Waals surface area contributed by atoms with Crippen LogP contribution in [0.3, 0.4) is 0 Å². The molecule has 1 saturated heterocycles. The summed E-state index contributed by atoms with van der Waals surface area (Å²) in [5.41, 5.74) is 3.76. The number of rotatable bonds is 4. The summed E-state index contributed by atoms with van der Waals surface area (Å²) in [7, 11) is 0. The van der Waals surface area contributed by atoms with Crippen LogP contribution in [0.15, 0.2) is 53.1 Å². The monoisotopic (exact) mass is 376 g/mol. The lowest BCUT2D eigenvalue weighted by Gasteiger charge is -2.28. The molecule has 2 aliphatic rings. The van der Waals surface area contributed by atoms with Crippen molar-refractivity contribution in [2.45, 2.75) is 12.5 Å². The zero-order valence-corrected chi connectivity index (χ0v) is 15.3. The van der Waals surface area contributed by atoms with Crippen LogP contribution >= 0.6 is 0 Å². The number of benzene rings is 2. The fourth-order valence-corrected chi connectivity index (χ4v) is 3.75. The molecule has 0 radical (unpaired) electrons. The Bertz CT molecular complexity index is 993. The van der Waals surface area contributed by atoms with Gasteiger partial charge in [-0.15, -0.1) is 0 Å². The second-order valence-electron chi connectivity index (χ2n) is 6.98. The van der Waals surface area contributed by atoms with Gasteiger partial charge in [0.25, 0.3) is 5.91 Å². The van der Waals surface area contributed by atoms with Crippen molar-refractivity contribution in [1.82, 2.24) is 15.5 Å². The van der Waals surface area contributed by atoms with Crippen LogP contribution in [-0.2, 0) is 11.2 Å². The van der Waals surface area contributed by atoms with E-state index in [0.717, 1.165) is 37.4 Å². The highest BCUT2D eigenvalue weighted by Crippen LogP contribution is 2.28. The molecular formula is C21H20N4O3. The molecule has 7 nitrogen and oxygen atoms in total. The topological polar surface area (TPSA) is 80.5 Å². The highest BCUT2D eigenvalue weighted by atomic mass is 16.5. The molecule has 1 atom stereocenters. The molecule has 7 heteroatoms. The number of ether oxygens (including phenoxy) is 1. The van der Waals surface area contributed by atoms with Crippen LogP contribution in [0.5, 0.6) is 0 Å². The Hall–Kier alpha value is -3.19. The highest BCUT2D eigenvalue weighted by molar-refractivity contribution is 5.99. The number of nitrogens with zero attached hydrogens (tertiary/aromatic N) is 3. The van der Waals surface area contributed by atoms with Crippen molar-refractivity contribution < 1.29 is 14.1 Å². The molecule has 142 valence electrons. The van der Waals surface area contributed by atoms with Gasteiger partial charge in [-0.25, -0.2) is 0 Å². The van der Waals surface area contributed by atoms with E-state index in [-0.39, 0.29) is 11.9 Å². The molecule has 1 aromatic heterocycles. The van der Waals surface area contributed by atoms with Crippen LogP contribution in [0.2, 0.25) is 0 Å². The number of hydrogen-bond acceptors (Lipinski definition) is 6. The van der Waals surface area contributed by atoms with Crippen LogP contribution in [0.25, 0.3) is 11.4 Å². The van der Waals surface area contributed by atoms with Crippen molar-refractivity contribution >= 4 is 11.6 Å². The number of amides is 1. The maximum absolute atomic E-state index is 12.1. The fourth-order valence-electron chi connectivity index (χ4n) is 3.75. The Balaban J connectivity index is 1.31. The highest BCUT2D eigenvalue weighted by Gasteiger charge is 2.29. The van der Waals surface area contributed by atoms with E-state index in [0.29, 0.717) is 23.7 Å². The number of carbonyl (C=O) groups is 1. The third-order valence-electron chi connectivity index (χ3n) is 5.23. The number of morpholine rings is 1. The van der Waals surface area contributed by atoms with Gasteiger partial charge < -0.3 is 19.5 Å². The molecule has 3 aromatic rings. The number of hydrogen-bond donors (Lipinski definition) is 1. The summed E-state index contributed by atoms with van der Waals surface area (Å²) < 4.78 is 10.8. The largest absolute Gasteiger partial charge is 0.378 e. The van der Waals surface area contributed by atoms with Crippen molar-refractivity contribution in [1.29, 1.82) is 0 Å². The number of aromatic nitrogens is 2. The zero-order chi connectivity index (χ0) is 18.9. The van der Waals surface area contributed by atoms with Crippen molar-refractivity contribution in [2.24, 2.45) is 0 Å². The van der Waals surface area contributed by atoms with Gasteiger partial charge in [-0.1, -0.05) is 23.4 Å². The first-order valence-electron chi connectivity index (χ1n) is 9.43. The van der Waals surface area contributed by atoms with E-state index in [9.17, 15) is 4.79 Å². The van der Waals surface area contributed by atoms with Gasteiger partial charge in [-0.2, -0.15) is 4.98 Å². The Labute approximate surface area is 162 Å². The average molecular weight is 376 g/mol. The molecule has 0 saturated carbocycles. The van der Waals surface area contributed by atoms with Gasteiger partial charge >= 0.3 is 0 Å². The molecular weight excluding hydrogens is 356 g/mol. The van der Waals surface area contributed by atoms with E-state index in [2.05, 4.69) is 32.5 Å². The van der Waals surface area contributed by atoms with Crippen LogP contribution < -0.4 is 10.2 Å². The first kappa shape index (κ1) is 16.9. The zero-order valence-electron chi connectivity index (χ0n) is 15.3. The van der Waals surface area contributed by atoms with Gasteiger partial charge in [0, 0.05) is 29.9 Å². The van der Waals surface area contributed by atoms with Gasteiger partial charge in [-0.3, -0.25) is 4.79 Å². The standard InChI is InChI=1S/C21H20N4O3/c26-21-17-4-2-1-3-16(17)18(22-21)13-19-23-20(24-28-19)14-5-7-15(8-6-14)25-9-11-27-12-10-25/h1-8,18H,9-13H2,(H,22,26). The first-order chi connectivity index (χ1) is 13.8. The van der Waals surface area contributed by atoms with Gasteiger partial charge in [-0.05, 0) is 35.9 Å². The van der Waals surface area contributed by atoms with Crippen molar-refractivity contribution in [3.05, 3.63) is 65.5 Å². The van der Waals surface area contributed by atoms with Crippen molar-refractivity contribution in [3.63, 3.8) is 0 Å². The van der Waals surface area contributed by atoms with Crippen molar-refractivity contribution in [3.8, 4) is 11.4 Å². The van der Waals surface area contributed by atoms with E-state index in [1.165, 1.54) is 5.69 Å². The van der Waals surface area contributed by atoms with Gasteiger partial charge in [0.2, 0.25) is 11.7 Å². The number of anilines is 1. The fraction of sp³-hybridized carbons (Fsp3) is 0.286. The summed E-state index contributed by atoms with van der Waals surface area (Å²) >= 11 is 0. The Morgan fingerprint density at radius 1 is 1.07 bits per heavy atom. The summed E-state index contributed by atoms with van der Waals surface area (Å²) in [5.74, 6) is 1.01. The minimum absolute atomic E-state index is 0.0564. The first-order valence-corrected chi connectivity index (χ1v) is 9.43. The molecule has 28 heavy (non-hydrogen) atoms. The normalized spacial score (nSPS) is 18.8. The Morgan fingerprint density at radius 3 is 2.68 bits per heavy atom. The Kier molecular flexibility index (Phi) is 4.29. The summed E-state index contributed by atoms with van der Waals surface area (Å²) in [4.78, 5) is 18.9. The molecule has 3 heterocycles. The predicted molar refractivity (Wildman–Crippen MR) is 103 cm³/mol. The lowest BCUT2D eigenvalue weighted by molar-refractivity contribution is 0.0955. The van der Waals surface area contributed by atoms with Crippen LogP contribution in [0.4, 0.5) is 5.69 Å². The maximum Gasteiger partial charge on any atom is 0.252 e. The number of nitrogens with one attached hydrogen (secondary N) is 1. The summed E-state index contributed by atoms with van der Waals surface area (Å²) in [6, 6.07) is 15.6. The third kappa shape index (κ3) is 3.14. The van der Waals surface area contributed by atoms with Crippen LogP contribution in [0.1, 0.15) is 27.9 Å². The number of fused-ring (bicyclic) bond motifs is 1. The van der Waals surface area contributed by atoms with Crippen LogP contribution in [-0.4, -0.2) is 42.4 Å². The van der Waals surface area contributed by atoms with Gasteiger partial charge in [0.15, 0.2) is 0 Å². The van der Waals surface area contributed by atoms with Gasteiger partial charge in [0.05, 0.1) is 25.7 Å². The molecule has 0 bridgehead atoms. The van der Waals surface area contributed by atoms with E-state index in [1.807, 2.05) is 36.4 Å². The third-order valence-corrected chi connectivity index (χ3v) is 5.23. The van der Waals surface area contributed by atoms with E-state index in [4.69, 9.17) is 9.26 Å². The molecule has 1 unspecified atom stereocenters. The molecule has 0 aliphatic carbocycles. The Morgan fingerprint density at radius 2 is 1.86 bits per heavy atom. The van der Waals surface area contributed by atoms with E-state index < -0.39 is 0 Å². The summed E-state index contributed by atoms with van der Waals surface area (Å²) in [6.07, 6.45) is 0.474. The minimum atomic E-state index is -0.138. The molecule has 2 aliphatic heterocycles. The lowest BCUT2D eigenvalue weighted by Crippen LogP contribution is -2.36. The van der Waals surface area contributed by atoms with Gasteiger partial charge in [0.1, 0.15) is 0 Å². The minimum Gasteiger partial charge on any atom is -0.378 e. The van der Waals surface area contributed by atoms with Crippen LogP contribution in [0, 0.1) is 0 Å². The predicted octanol–water partition coefficient (Wildman–Crippen LogP) is 2.60. The molecule has 1 fully saturated rings. The lowest BCUT2D eigenvalue weighted by atomic mass is 10.0. The SMILES string of the molecule is O=C1NC(Cc2nc(-c3ccc(N4CCOCC4)cc3)no2)c2ccccc21. The molecule has 2 aromatic carbocycles. The molecule has 1 amide bonds. The second-order valence-corrected chi connectivity index (χ2v) is 6.98.